The summed E-state index contributed by atoms with van der Waals surface area (Å²) in [7, 11) is 1.58. The van der Waals surface area contributed by atoms with Gasteiger partial charge in [0.25, 0.3) is 0 Å². The minimum absolute atomic E-state index is 0.0147. The summed E-state index contributed by atoms with van der Waals surface area (Å²) < 4.78 is 10.7. The Hall–Kier alpha value is -1.30. The lowest BCUT2D eigenvalue weighted by Crippen LogP contribution is -2.39. The Morgan fingerprint density at radius 1 is 1.26 bits per heavy atom. The zero-order valence-electron chi connectivity index (χ0n) is 11.5. The van der Waals surface area contributed by atoms with E-state index in [4.69, 9.17) is 14.6 Å². The molecule has 5 nitrogen and oxygen atoms in total. The molecule has 0 spiro atoms. The van der Waals surface area contributed by atoms with Gasteiger partial charge in [-0.3, -0.25) is 0 Å². The van der Waals surface area contributed by atoms with E-state index >= 15 is 0 Å². The third kappa shape index (κ3) is 5.46. The minimum atomic E-state index is -0.634. The van der Waals surface area contributed by atoms with Crippen molar-refractivity contribution in [2.24, 2.45) is 0 Å². The van der Waals surface area contributed by atoms with Gasteiger partial charge < -0.3 is 25.0 Å². The van der Waals surface area contributed by atoms with Crippen molar-refractivity contribution in [1.82, 2.24) is 5.32 Å². The Labute approximate surface area is 114 Å². The molecule has 108 valence electrons. The molecule has 0 saturated heterocycles. The van der Waals surface area contributed by atoms with Crippen LogP contribution in [0.1, 0.15) is 13.3 Å². The van der Waals surface area contributed by atoms with E-state index in [0.29, 0.717) is 18.0 Å². The molecule has 0 fully saturated rings. The van der Waals surface area contributed by atoms with Gasteiger partial charge in [0.05, 0.1) is 13.7 Å². The molecule has 2 unspecified atom stereocenters. The second-order valence-electron chi connectivity index (χ2n) is 4.31. The molecular formula is C14H23NO4. The summed E-state index contributed by atoms with van der Waals surface area (Å²) in [5.74, 6) is 1.25. The van der Waals surface area contributed by atoms with E-state index in [1.807, 2.05) is 19.1 Å². The van der Waals surface area contributed by atoms with E-state index < -0.39 is 6.10 Å². The maximum atomic E-state index is 9.80. The van der Waals surface area contributed by atoms with Gasteiger partial charge in [0, 0.05) is 12.6 Å². The maximum Gasteiger partial charge on any atom is 0.161 e. The molecule has 0 saturated carbocycles. The van der Waals surface area contributed by atoms with E-state index in [1.165, 1.54) is 0 Å². The zero-order valence-corrected chi connectivity index (χ0v) is 11.5. The molecule has 0 radical (unpaired) electrons. The van der Waals surface area contributed by atoms with Gasteiger partial charge in [-0.2, -0.15) is 0 Å². The molecular weight excluding hydrogens is 246 g/mol. The van der Waals surface area contributed by atoms with Crippen molar-refractivity contribution >= 4 is 0 Å². The summed E-state index contributed by atoms with van der Waals surface area (Å²) in [4.78, 5) is 0. The lowest BCUT2D eigenvalue weighted by atomic mass is 10.2. The van der Waals surface area contributed by atoms with Crippen LogP contribution in [0.25, 0.3) is 0 Å². The largest absolute Gasteiger partial charge is 0.493 e. The molecule has 0 aliphatic heterocycles. The molecule has 5 heteroatoms. The number of hydrogen-bond donors (Lipinski definition) is 3. The average molecular weight is 269 g/mol. The lowest BCUT2D eigenvalue weighted by Gasteiger charge is -2.18. The molecule has 2 atom stereocenters. The Bertz CT molecular complexity index is 355. The SMILES string of the molecule is CCC(CO)NCC(O)COc1ccccc1OC. The number of methoxy groups -OCH3 is 1. The number of ether oxygens (including phenoxy) is 2. The maximum absolute atomic E-state index is 9.80. The summed E-state index contributed by atoms with van der Waals surface area (Å²) in [6.07, 6.45) is 0.182. The highest BCUT2D eigenvalue weighted by Gasteiger charge is 2.10. The molecule has 1 rings (SSSR count). The summed E-state index contributed by atoms with van der Waals surface area (Å²) in [5.41, 5.74) is 0. The Balaban J connectivity index is 2.35. The predicted octanol–water partition coefficient (Wildman–Crippen LogP) is 0.795. The summed E-state index contributed by atoms with van der Waals surface area (Å²) in [5, 5.41) is 21.9. The van der Waals surface area contributed by atoms with Crippen molar-refractivity contribution in [1.29, 1.82) is 0 Å². The topological polar surface area (TPSA) is 71.0 Å². The zero-order chi connectivity index (χ0) is 14.1. The number of rotatable bonds is 9. The predicted molar refractivity (Wildman–Crippen MR) is 73.7 cm³/mol. The van der Waals surface area contributed by atoms with Gasteiger partial charge in [-0.05, 0) is 18.6 Å². The van der Waals surface area contributed by atoms with Crippen molar-refractivity contribution in [3.63, 3.8) is 0 Å². The molecule has 0 aliphatic rings. The van der Waals surface area contributed by atoms with Crippen molar-refractivity contribution in [3.05, 3.63) is 24.3 Å². The molecule has 0 amide bonds. The van der Waals surface area contributed by atoms with E-state index in [-0.39, 0.29) is 19.3 Å². The molecule has 0 aromatic heterocycles. The number of para-hydroxylation sites is 2. The number of benzene rings is 1. The van der Waals surface area contributed by atoms with Gasteiger partial charge in [-0.25, -0.2) is 0 Å². The van der Waals surface area contributed by atoms with Crippen LogP contribution >= 0.6 is 0 Å². The van der Waals surface area contributed by atoms with Crippen molar-refractivity contribution in [3.8, 4) is 11.5 Å². The van der Waals surface area contributed by atoms with Crippen molar-refractivity contribution in [2.45, 2.75) is 25.5 Å². The van der Waals surface area contributed by atoms with Gasteiger partial charge in [0.15, 0.2) is 11.5 Å². The first-order chi connectivity index (χ1) is 9.21. The van der Waals surface area contributed by atoms with Crippen LogP contribution in [-0.2, 0) is 0 Å². The lowest BCUT2D eigenvalue weighted by molar-refractivity contribution is 0.0980. The third-order valence-electron chi connectivity index (χ3n) is 2.86. The van der Waals surface area contributed by atoms with Crippen LogP contribution in [0.4, 0.5) is 0 Å². The Kier molecular flexibility index (Phi) is 7.25. The second kappa shape index (κ2) is 8.74. The number of nitrogens with one attached hydrogen (secondary N) is 1. The Morgan fingerprint density at radius 2 is 1.95 bits per heavy atom. The highest BCUT2D eigenvalue weighted by molar-refractivity contribution is 5.39. The van der Waals surface area contributed by atoms with Gasteiger partial charge in [-0.1, -0.05) is 19.1 Å². The quantitative estimate of drug-likeness (QED) is 0.618. The second-order valence-corrected chi connectivity index (χ2v) is 4.31. The molecule has 0 aliphatic carbocycles. The minimum Gasteiger partial charge on any atom is -0.493 e. The first-order valence-electron chi connectivity index (χ1n) is 6.49. The van der Waals surface area contributed by atoms with E-state index in [1.54, 1.807) is 19.2 Å². The van der Waals surface area contributed by atoms with E-state index in [2.05, 4.69) is 5.32 Å². The van der Waals surface area contributed by atoms with Gasteiger partial charge in [0.2, 0.25) is 0 Å². The van der Waals surface area contributed by atoms with Crippen LogP contribution in [0.2, 0.25) is 0 Å². The third-order valence-corrected chi connectivity index (χ3v) is 2.86. The normalized spacial score (nSPS) is 13.9. The molecule has 0 heterocycles. The van der Waals surface area contributed by atoms with Crippen molar-refractivity contribution < 1.29 is 19.7 Å². The monoisotopic (exact) mass is 269 g/mol. The number of hydrogen-bond acceptors (Lipinski definition) is 5. The van der Waals surface area contributed by atoms with Gasteiger partial charge >= 0.3 is 0 Å². The Morgan fingerprint density at radius 3 is 2.53 bits per heavy atom. The first kappa shape index (κ1) is 15.8. The van der Waals surface area contributed by atoms with Crippen LogP contribution in [0.3, 0.4) is 0 Å². The molecule has 1 aromatic rings. The van der Waals surface area contributed by atoms with Crippen molar-refractivity contribution in [2.75, 3.05) is 26.9 Å². The van der Waals surface area contributed by atoms with E-state index in [0.717, 1.165) is 6.42 Å². The fourth-order valence-electron chi connectivity index (χ4n) is 1.62. The molecule has 0 bridgehead atoms. The highest BCUT2D eigenvalue weighted by Crippen LogP contribution is 2.25. The van der Waals surface area contributed by atoms with Crippen LogP contribution in [0, 0.1) is 0 Å². The van der Waals surface area contributed by atoms with Crippen LogP contribution in [-0.4, -0.2) is 49.2 Å². The van der Waals surface area contributed by atoms with Crippen LogP contribution in [0.15, 0.2) is 24.3 Å². The van der Waals surface area contributed by atoms with Gasteiger partial charge in [-0.15, -0.1) is 0 Å². The average Bonchev–Trinajstić information content (AvgIpc) is 2.46. The highest BCUT2D eigenvalue weighted by atomic mass is 16.5. The van der Waals surface area contributed by atoms with E-state index in [9.17, 15) is 5.11 Å². The van der Waals surface area contributed by atoms with Crippen LogP contribution < -0.4 is 14.8 Å². The molecule has 19 heavy (non-hydrogen) atoms. The molecule has 1 aromatic carbocycles. The smallest absolute Gasteiger partial charge is 0.161 e. The fourth-order valence-corrected chi connectivity index (χ4v) is 1.62. The number of aliphatic hydroxyl groups is 2. The van der Waals surface area contributed by atoms with Gasteiger partial charge in [0.1, 0.15) is 12.7 Å². The summed E-state index contributed by atoms with van der Waals surface area (Å²) in [6.45, 7) is 2.60. The summed E-state index contributed by atoms with van der Waals surface area (Å²) >= 11 is 0. The fraction of sp³-hybridized carbons (Fsp3) is 0.571. The summed E-state index contributed by atoms with van der Waals surface area (Å²) in [6, 6.07) is 7.32. The van der Waals surface area contributed by atoms with Crippen LogP contribution in [0.5, 0.6) is 11.5 Å². The standard InChI is InChI=1S/C14H23NO4/c1-3-11(9-16)15-8-12(17)10-19-14-7-5-4-6-13(14)18-2/h4-7,11-12,15-17H,3,8-10H2,1-2H3. The number of aliphatic hydroxyl groups excluding tert-OH is 2. The first-order valence-corrected chi connectivity index (χ1v) is 6.49. The molecule has 3 N–H and O–H groups in total.